The number of nitrogens with zero attached hydrogens (tertiary/aromatic N) is 2. The normalized spacial score (nSPS) is 12.1. The van der Waals surface area contributed by atoms with Crippen molar-refractivity contribution in [3.05, 3.63) is 116 Å². The van der Waals surface area contributed by atoms with Crippen molar-refractivity contribution in [1.82, 2.24) is 9.88 Å². The third-order valence-corrected chi connectivity index (χ3v) is 6.45. The van der Waals surface area contributed by atoms with E-state index in [1.165, 1.54) is 4.57 Å². The van der Waals surface area contributed by atoms with Crippen LogP contribution in [0.4, 0.5) is 0 Å². The second kappa shape index (κ2) is 11.1. The van der Waals surface area contributed by atoms with Gasteiger partial charge in [0.2, 0.25) is 0 Å². The number of aromatic nitrogens is 1. The van der Waals surface area contributed by atoms with Crippen molar-refractivity contribution in [3.63, 3.8) is 0 Å². The first-order valence-corrected chi connectivity index (χ1v) is 11.8. The average molecular weight is 482 g/mol. The zero-order valence-electron chi connectivity index (χ0n) is 19.1. The van der Waals surface area contributed by atoms with Gasteiger partial charge in [-0.3, -0.25) is 14.2 Å². The van der Waals surface area contributed by atoms with Gasteiger partial charge in [-0.1, -0.05) is 66.7 Å². The Bertz CT molecular complexity index is 1550. The lowest BCUT2D eigenvalue weighted by Gasteiger charge is -2.06. The van der Waals surface area contributed by atoms with Crippen LogP contribution in [0.25, 0.3) is 17.3 Å². The van der Waals surface area contributed by atoms with Crippen molar-refractivity contribution in [2.24, 2.45) is 0 Å². The fourth-order valence-electron chi connectivity index (χ4n) is 3.64. The molecule has 1 amide bonds. The summed E-state index contributed by atoms with van der Waals surface area (Å²) in [5, 5.41) is 12.7. The van der Waals surface area contributed by atoms with Crippen LogP contribution in [-0.4, -0.2) is 24.1 Å². The van der Waals surface area contributed by atoms with Crippen LogP contribution in [0.3, 0.4) is 0 Å². The molecule has 35 heavy (non-hydrogen) atoms. The highest BCUT2D eigenvalue weighted by molar-refractivity contribution is 7.07. The average Bonchev–Trinajstić information content (AvgIpc) is 3.21. The predicted molar refractivity (Wildman–Crippen MR) is 138 cm³/mol. The molecule has 6 nitrogen and oxygen atoms in total. The fourth-order valence-corrected chi connectivity index (χ4v) is 4.73. The number of methoxy groups -OCH3 is 1. The van der Waals surface area contributed by atoms with Gasteiger partial charge in [0.15, 0.2) is 5.57 Å². The molecule has 0 spiro atoms. The van der Waals surface area contributed by atoms with Gasteiger partial charge in [0, 0.05) is 12.1 Å². The van der Waals surface area contributed by atoms with E-state index in [0.717, 1.165) is 22.5 Å². The fraction of sp³-hybridized carbons (Fsp3) is 0.107. The van der Waals surface area contributed by atoms with E-state index in [0.29, 0.717) is 28.9 Å². The number of thiazole rings is 1. The monoisotopic (exact) mass is 481 g/mol. The molecule has 174 valence electrons. The van der Waals surface area contributed by atoms with E-state index in [-0.39, 0.29) is 15.8 Å². The molecule has 4 rings (SSSR count). The summed E-state index contributed by atoms with van der Waals surface area (Å²) in [6.45, 7) is 0.370. The van der Waals surface area contributed by atoms with Gasteiger partial charge in [-0.05, 0) is 36.3 Å². The standard InChI is InChI=1S/C28H23N3O3S/c1-34-24-15-9-8-12-21(24)18-25-27(33)31(22-13-6-3-7-14-22)28(35-25)23(19-29)26(32)30-17-16-20-10-4-2-5-11-20/h2-15,18H,16-17H2,1H3,(H,30,32)/b25-18+,28-23-. The van der Waals surface area contributed by atoms with Crippen LogP contribution in [0.1, 0.15) is 11.1 Å². The molecule has 1 heterocycles. The maximum Gasteiger partial charge on any atom is 0.273 e. The highest BCUT2D eigenvalue weighted by Gasteiger charge is 2.17. The SMILES string of the molecule is COc1ccccc1/C=c1/s/c(=C(/C#N)C(=O)NCCc2ccccc2)n(-c2ccccc2)c1=O. The van der Waals surface area contributed by atoms with Crippen LogP contribution < -0.4 is 24.8 Å². The quantitative estimate of drug-likeness (QED) is 0.440. The van der Waals surface area contributed by atoms with Crippen molar-refractivity contribution in [3.8, 4) is 17.5 Å². The van der Waals surface area contributed by atoms with E-state index in [9.17, 15) is 14.9 Å². The summed E-state index contributed by atoms with van der Waals surface area (Å²) < 4.78 is 7.49. The number of nitrogens with one attached hydrogen (secondary N) is 1. The first kappa shape index (κ1) is 23.7. The third-order valence-electron chi connectivity index (χ3n) is 5.36. The largest absolute Gasteiger partial charge is 0.496 e. The molecule has 0 fully saturated rings. The number of para-hydroxylation sites is 2. The van der Waals surface area contributed by atoms with E-state index >= 15 is 0 Å². The number of carbonyl (C=O) groups excluding carboxylic acids is 1. The summed E-state index contributed by atoms with van der Waals surface area (Å²) in [5.74, 6) is 0.106. The number of benzene rings is 3. The van der Waals surface area contributed by atoms with Crippen LogP contribution in [0.5, 0.6) is 5.75 Å². The van der Waals surface area contributed by atoms with E-state index in [1.54, 1.807) is 37.5 Å². The number of hydrogen-bond acceptors (Lipinski definition) is 5. The first-order valence-electron chi connectivity index (χ1n) is 11.0. The van der Waals surface area contributed by atoms with Crippen molar-refractivity contribution >= 4 is 28.9 Å². The number of ether oxygens (including phenoxy) is 1. The number of rotatable bonds is 7. The Hall–Kier alpha value is -4.41. The molecule has 0 saturated heterocycles. The molecule has 4 aromatic rings. The number of carbonyl (C=O) groups is 1. The summed E-state index contributed by atoms with van der Waals surface area (Å²) >= 11 is 1.10. The minimum atomic E-state index is -0.516. The van der Waals surface area contributed by atoms with E-state index in [1.807, 2.05) is 66.7 Å². The maximum atomic E-state index is 13.5. The molecule has 7 heteroatoms. The lowest BCUT2D eigenvalue weighted by atomic mass is 10.1. The molecular formula is C28H23N3O3S. The van der Waals surface area contributed by atoms with Crippen molar-refractivity contribution < 1.29 is 9.53 Å². The second-order valence-corrected chi connectivity index (χ2v) is 8.64. The Labute approximate surface area is 206 Å². The third kappa shape index (κ3) is 5.40. The van der Waals surface area contributed by atoms with Gasteiger partial charge in [-0.2, -0.15) is 5.26 Å². The molecule has 0 aliphatic rings. The van der Waals surface area contributed by atoms with Gasteiger partial charge >= 0.3 is 0 Å². The summed E-state index contributed by atoms with van der Waals surface area (Å²) in [4.78, 5) is 26.5. The smallest absolute Gasteiger partial charge is 0.273 e. The lowest BCUT2D eigenvalue weighted by molar-refractivity contribution is -0.115. The number of amides is 1. The first-order chi connectivity index (χ1) is 17.1. The van der Waals surface area contributed by atoms with E-state index < -0.39 is 5.91 Å². The van der Waals surface area contributed by atoms with Crippen LogP contribution in [0, 0.1) is 11.3 Å². The molecule has 0 aliphatic heterocycles. The Morgan fingerprint density at radius 2 is 1.69 bits per heavy atom. The van der Waals surface area contributed by atoms with Gasteiger partial charge in [0.05, 0.1) is 17.3 Å². The number of nitriles is 1. The molecule has 3 aromatic carbocycles. The Morgan fingerprint density at radius 3 is 2.37 bits per heavy atom. The van der Waals surface area contributed by atoms with Crippen molar-refractivity contribution in [1.29, 1.82) is 5.26 Å². The van der Waals surface area contributed by atoms with Gasteiger partial charge in [-0.15, -0.1) is 11.3 Å². The summed E-state index contributed by atoms with van der Waals surface area (Å²) in [7, 11) is 1.57. The van der Waals surface area contributed by atoms with Crippen LogP contribution in [0.15, 0.2) is 89.7 Å². The molecular weight excluding hydrogens is 458 g/mol. The van der Waals surface area contributed by atoms with Crippen LogP contribution in [0.2, 0.25) is 0 Å². The molecule has 0 bridgehead atoms. The minimum Gasteiger partial charge on any atom is -0.496 e. The van der Waals surface area contributed by atoms with Crippen LogP contribution in [-0.2, 0) is 11.2 Å². The zero-order chi connectivity index (χ0) is 24.6. The number of hydrogen-bond donors (Lipinski definition) is 1. The Morgan fingerprint density at radius 1 is 1.03 bits per heavy atom. The summed E-state index contributed by atoms with van der Waals surface area (Å²) in [5.41, 5.74) is 1.96. The molecule has 1 aromatic heterocycles. The summed E-state index contributed by atoms with van der Waals surface area (Å²) in [6.07, 6.45) is 2.35. The summed E-state index contributed by atoms with van der Waals surface area (Å²) in [6, 6.07) is 28.1. The second-order valence-electron chi connectivity index (χ2n) is 7.61. The molecule has 0 radical (unpaired) electrons. The molecule has 0 atom stereocenters. The molecule has 0 saturated carbocycles. The zero-order valence-corrected chi connectivity index (χ0v) is 19.9. The van der Waals surface area contributed by atoms with Gasteiger partial charge in [0.1, 0.15) is 16.5 Å². The highest BCUT2D eigenvalue weighted by Crippen LogP contribution is 2.17. The maximum absolute atomic E-state index is 13.5. The van der Waals surface area contributed by atoms with Gasteiger partial charge < -0.3 is 10.1 Å². The lowest BCUT2D eigenvalue weighted by Crippen LogP contribution is -2.34. The van der Waals surface area contributed by atoms with Gasteiger partial charge in [0.25, 0.3) is 11.5 Å². The van der Waals surface area contributed by atoms with E-state index in [4.69, 9.17) is 4.74 Å². The highest BCUT2D eigenvalue weighted by atomic mass is 32.1. The van der Waals surface area contributed by atoms with Crippen molar-refractivity contribution in [2.45, 2.75) is 6.42 Å². The topological polar surface area (TPSA) is 84.1 Å². The van der Waals surface area contributed by atoms with E-state index in [2.05, 4.69) is 5.32 Å². The molecule has 0 aliphatic carbocycles. The van der Waals surface area contributed by atoms with Crippen molar-refractivity contribution in [2.75, 3.05) is 13.7 Å². The molecule has 0 unspecified atom stereocenters. The minimum absolute atomic E-state index is 0.108. The Kier molecular flexibility index (Phi) is 7.56. The van der Waals surface area contributed by atoms with Crippen LogP contribution >= 0.6 is 11.3 Å². The molecule has 1 N–H and O–H groups in total. The predicted octanol–water partition coefficient (Wildman–Crippen LogP) is 2.77. The Balaban J connectivity index is 1.82. The van der Waals surface area contributed by atoms with Gasteiger partial charge in [-0.25, -0.2) is 0 Å².